The Hall–Kier alpha value is -0.790. The molecule has 2 aromatic rings. The van der Waals surface area contributed by atoms with Gasteiger partial charge in [-0.2, -0.15) is 16.1 Å². The summed E-state index contributed by atoms with van der Waals surface area (Å²) in [5.74, 6) is 3.03. The first kappa shape index (κ1) is 13.2. The molecule has 2 aromatic heterocycles. The Bertz CT molecular complexity index is 555. The number of aryl methyl sites for hydroxylation is 1. The number of thiazole rings is 1. The van der Waals surface area contributed by atoms with Gasteiger partial charge in [-0.15, -0.1) is 11.3 Å². The maximum absolute atomic E-state index is 6.06. The molecule has 1 aliphatic rings. The van der Waals surface area contributed by atoms with Crippen molar-refractivity contribution in [1.29, 1.82) is 0 Å². The van der Waals surface area contributed by atoms with Gasteiger partial charge in [-0.25, -0.2) is 4.98 Å². The Morgan fingerprint density at radius 2 is 2.21 bits per heavy atom. The van der Waals surface area contributed by atoms with E-state index >= 15 is 0 Å². The van der Waals surface area contributed by atoms with Crippen LogP contribution in [0.2, 0.25) is 0 Å². The molecule has 0 radical (unpaired) electrons. The molecular formula is C12H16N4S3. The monoisotopic (exact) mass is 312 g/mol. The topological polar surface area (TPSA) is 55.0 Å². The normalized spacial score (nSPS) is 16.6. The number of nitrogen functional groups attached to an aromatic ring is 1. The van der Waals surface area contributed by atoms with Crippen molar-refractivity contribution in [2.24, 2.45) is 0 Å². The number of thioether (sulfide) groups is 1. The van der Waals surface area contributed by atoms with Crippen molar-refractivity contribution in [2.75, 3.05) is 35.2 Å². The van der Waals surface area contributed by atoms with Crippen molar-refractivity contribution in [3.63, 3.8) is 0 Å². The van der Waals surface area contributed by atoms with E-state index in [1.54, 1.807) is 11.3 Å². The SMILES string of the molecule is Cc1nc(-c2c(N)nsc2N2CCCSCC2)cs1. The summed E-state index contributed by atoms with van der Waals surface area (Å²) in [5, 5.41) is 4.33. The van der Waals surface area contributed by atoms with Gasteiger partial charge in [0.05, 0.1) is 16.3 Å². The second-order valence-corrected chi connectivity index (χ2v) is 7.49. The van der Waals surface area contributed by atoms with Crippen molar-refractivity contribution in [1.82, 2.24) is 9.36 Å². The number of hydrogen-bond donors (Lipinski definition) is 1. The van der Waals surface area contributed by atoms with E-state index < -0.39 is 0 Å². The van der Waals surface area contributed by atoms with Crippen LogP contribution < -0.4 is 10.6 Å². The first-order valence-electron chi connectivity index (χ1n) is 6.26. The quantitative estimate of drug-likeness (QED) is 0.923. The van der Waals surface area contributed by atoms with Crippen molar-refractivity contribution < 1.29 is 0 Å². The van der Waals surface area contributed by atoms with Gasteiger partial charge in [0.25, 0.3) is 0 Å². The van der Waals surface area contributed by atoms with E-state index in [2.05, 4.69) is 19.6 Å². The fourth-order valence-electron chi connectivity index (χ4n) is 2.18. The van der Waals surface area contributed by atoms with Crippen molar-refractivity contribution in [3.05, 3.63) is 10.4 Å². The molecule has 0 atom stereocenters. The van der Waals surface area contributed by atoms with Crippen LogP contribution in [-0.2, 0) is 0 Å². The highest BCUT2D eigenvalue weighted by Gasteiger charge is 2.21. The average molecular weight is 312 g/mol. The first-order valence-corrected chi connectivity index (χ1v) is 9.07. The third-order valence-electron chi connectivity index (χ3n) is 3.09. The first-order chi connectivity index (χ1) is 9.25. The van der Waals surface area contributed by atoms with Crippen LogP contribution in [0.5, 0.6) is 0 Å². The molecule has 3 heterocycles. The molecule has 0 amide bonds. The molecule has 19 heavy (non-hydrogen) atoms. The van der Waals surface area contributed by atoms with Crippen LogP contribution in [-0.4, -0.2) is 34.0 Å². The lowest BCUT2D eigenvalue weighted by atomic mass is 10.2. The summed E-state index contributed by atoms with van der Waals surface area (Å²) in [4.78, 5) is 6.98. The van der Waals surface area contributed by atoms with Gasteiger partial charge in [0.1, 0.15) is 10.8 Å². The standard InChI is InChI=1S/C12H16N4S3/c1-8-14-9(7-18-8)10-11(13)15-19-12(10)16-3-2-5-17-6-4-16/h7H,2-6H2,1H3,(H2,13,15). The van der Waals surface area contributed by atoms with Crippen LogP contribution in [0.25, 0.3) is 11.3 Å². The molecule has 0 aliphatic carbocycles. The molecule has 1 fully saturated rings. The summed E-state index contributed by atoms with van der Waals surface area (Å²) in [6, 6.07) is 0. The van der Waals surface area contributed by atoms with Gasteiger partial charge in [-0.05, 0) is 30.6 Å². The third-order valence-corrected chi connectivity index (χ3v) is 5.83. The molecule has 0 saturated carbocycles. The minimum atomic E-state index is 0.613. The minimum absolute atomic E-state index is 0.613. The van der Waals surface area contributed by atoms with Crippen LogP contribution in [0.4, 0.5) is 10.8 Å². The fourth-order valence-corrected chi connectivity index (χ4v) is 4.54. The van der Waals surface area contributed by atoms with Crippen LogP contribution in [0.3, 0.4) is 0 Å². The van der Waals surface area contributed by atoms with Gasteiger partial charge in [0, 0.05) is 24.2 Å². The number of anilines is 2. The van der Waals surface area contributed by atoms with Crippen LogP contribution in [0.1, 0.15) is 11.4 Å². The largest absolute Gasteiger partial charge is 0.382 e. The Kier molecular flexibility index (Phi) is 3.95. The Labute approximate surface area is 125 Å². The Balaban J connectivity index is 1.97. The lowest BCUT2D eigenvalue weighted by molar-refractivity contribution is 0.824. The molecule has 1 saturated heterocycles. The molecular weight excluding hydrogens is 296 g/mol. The van der Waals surface area contributed by atoms with E-state index in [4.69, 9.17) is 5.73 Å². The van der Waals surface area contributed by atoms with Gasteiger partial charge >= 0.3 is 0 Å². The zero-order valence-electron chi connectivity index (χ0n) is 10.8. The summed E-state index contributed by atoms with van der Waals surface area (Å²) in [7, 11) is 0. The van der Waals surface area contributed by atoms with Gasteiger partial charge in [-0.1, -0.05) is 0 Å². The van der Waals surface area contributed by atoms with Crippen molar-refractivity contribution in [2.45, 2.75) is 13.3 Å². The van der Waals surface area contributed by atoms with E-state index in [9.17, 15) is 0 Å². The number of aromatic nitrogens is 2. The van der Waals surface area contributed by atoms with Gasteiger partial charge in [0.2, 0.25) is 0 Å². The minimum Gasteiger partial charge on any atom is -0.382 e. The van der Waals surface area contributed by atoms with Gasteiger partial charge in [-0.3, -0.25) is 0 Å². The van der Waals surface area contributed by atoms with E-state index in [-0.39, 0.29) is 0 Å². The van der Waals surface area contributed by atoms with E-state index in [1.807, 2.05) is 18.7 Å². The number of hydrogen-bond acceptors (Lipinski definition) is 7. The summed E-state index contributed by atoms with van der Waals surface area (Å²) in [5.41, 5.74) is 8.06. The predicted molar refractivity (Wildman–Crippen MR) is 86.5 cm³/mol. The molecule has 4 nitrogen and oxygen atoms in total. The third kappa shape index (κ3) is 2.73. The highest BCUT2D eigenvalue weighted by Crippen LogP contribution is 2.40. The van der Waals surface area contributed by atoms with Gasteiger partial charge < -0.3 is 10.6 Å². The maximum atomic E-state index is 6.06. The van der Waals surface area contributed by atoms with Crippen molar-refractivity contribution >= 4 is 45.5 Å². The molecule has 0 aromatic carbocycles. The maximum Gasteiger partial charge on any atom is 0.148 e. The second-order valence-electron chi connectivity index (χ2n) is 4.45. The Morgan fingerprint density at radius 3 is 3.00 bits per heavy atom. The zero-order chi connectivity index (χ0) is 13.2. The molecule has 7 heteroatoms. The van der Waals surface area contributed by atoms with Crippen LogP contribution >= 0.6 is 34.6 Å². The predicted octanol–water partition coefficient (Wildman–Crippen LogP) is 3.10. The average Bonchev–Trinajstić information content (AvgIpc) is 2.86. The summed E-state index contributed by atoms with van der Waals surface area (Å²) >= 11 is 5.19. The summed E-state index contributed by atoms with van der Waals surface area (Å²) in [6.07, 6.45) is 1.22. The lowest BCUT2D eigenvalue weighted by Crippen LogP contribution is -2.25. The van der Waals surface area contributed by atoms with Crippen molar-refractivity contribution in [3.8, 4) is 11.3 Å². The highest BCUT2D eigenvalue weighted by molar-refractivity contribution is 7.99. The molecule has 102 valence electrons. The molecule has 3 rings (SSSR count). The molecule has 0 unspecified atom stereocenters. The van der Waals surface area contributed by atoms with E-state index in [0.29, 0.717) is 5.82 Å². The fraction of sp³-hybridized carbons (Fsp3) is 0.500. The highest BCUT2D eigenvalue weighted by atomic mass is 32.2. The molecule has 2 N–H and O–H groups in total. The second kappa shape index (κ2) is 5.68. The van der Waals surface area contributed by atoms with Gasteiger partial charge in [0.15, 0.2) is 0 Å². The number of nitrogens with zero attached hydrogens (tertiary/aromatic N) is 3. The summed E-state index contributed by atoms with van der Waals surface area (Å²) < 4.78 is 4.34. The molecule has 0 spiro atoms. The molecule has 1 aliphatic heterocycles. The van der Waals surface area contributed by atoms with Crippen LogP contribution in [0, 0.1) is 6.92 Å². The smallest absolute Gasteiger partial charge is 0.148 e. The number of nitrogens with two attached hydrogens (primary N) is 1. The number of rotatable bonds is 2. The van der Waals surface area contributed by atoms with E-state index in [1.165, 1.54) is 34.5 Å². The Morgan fingerprint density at radius 1 is 1.32 bits per heavy atom. The lowest BCUT2D eigenvalue weighted by Gasteiger charge is -2.20. The van der Waals surface area contributed by atoms with Crippen LogP contribution in [0.15, 0.2) is 5.38 Å². The van der Waals surface area contributed by atoms with E-state index in [0.717, 1.165) is 29.4 Å². The summed E-state index contributed by atoms with van der Waals surface area (Å²) in [6.45, 7) is 4.18. The molecule has 0 bridgehead atoms. The zero-order valence-corrected chi connectivity index (χ0v) is 13.2.